The summed E-state index contributed by atoms with van der Waals surface area (Å²) in [6.07, 6.45) is 1.61. The zero-order valence-corrected chi connectivity index (χ0v) is 12.9. The molecule has 1 unspecified atom stereocenters. The Hall–Kier alpha value is -2.43. The van der Waals surface area contributed by atoms with Crippen LogP contribution in [0.3, 0.4) is 0 Å². The number of hydrogen-bond donors (Lipinski definition) is 1. The molecule has 0 aromatic heterocycles. The van der Waals surface area contributed by atoms with Crippen LogP contribution in [0.4, 0.5) is 13.6 Å². The molecule has 1 atom stereocenters. The fourth-order valence-corrected chi connectivity index (χ4v) is 2.92. The summed E-state index contributed by atoms with van der Waals surface area (Å²) >= 11 is 0. The number of halogens is 2. The number of rotatable bonds is 3. The third kappa shape index (κ3) is 3.50. The van der Waals surface area contributed by atoms with Gasteiger partial charge in [-0.15, -0.1) is 0 Å². The lowest BCUT2D eigenvalue weighted by Crippen LogP contribution is -2.38. The average Bonchev–Trinajstić information content (AvgIpc) is 2.91. The molecule has 3 rings (SSSR count). The topological polar surface area (TPSA) is 32.3 Å². The van der Waals surface area contributed by atoms with Gasteiger partial charge in [-0.25, -0.2) is 13.6 Å². The maximum absolute atomic E-state index is 13.4. The first-order chi connectivity index (χ1) is 11.0. The van der Waals surface area contributed by atoms with Crippen LogP contribution in [0, 0.1) is 11.6 Å². The lowest BCUT2D eigenvalue weighted by Gasteiger charge is -2.22. The molecule has 1 aliphatic carbocycles. The highest BCUT2D eigenvalue weighted by atomic mass is 19.1. The first-order valence-corrected chi connectivity index (χ1v) is 7.57. The van der Waals surface area contributed by atoms with Gasteiger partial charge in [0.2, 0.25) is 0 Å². The van der Waals surface area contributed by atoms with Crippen LogP contribution in [0.25, 0.3) is 0 Å². The quantitative estimate of drug-likeness (QED) is 0.918. The molecule has 5 heteroatoms. The van der Waals surface area contributed by atoms with E-state index in [2.05, 4.69) is 5.32 Å². The Morgan fingerprint density at radius 3 is 2.61 bits per heavy atom. The molecule has 0 saturated carbocycles. The third-order valence-electron chi connectivity index (χ3n) is 4.16. The van der Waals surface area contributed by atoms with Crippen molar-refractivity contribution in [1.29, 1.82) is 0 Å². The molecule has 1 aliphatic rings. The van der Waals surface area contributed by atoms with E-state index in [0.717, 1.165) is 29.5 Å². The van der Waals surface area contributed by atoms with E-state index in [1.807, 2.05) is 0 Å². The SMILES string of the molecule is CN(Cc1ccc(F)cc1)C(=O)NC1CCc2ccc(F)cc21. The Kier molecular flexibility index (Phi) is 4.28. The standard InChI is InChI=1S/C18H18F2N2O/c1-22(11-12-2-6-14(19)7-3-12)18(23)21-17-9-5-13-4-8-15(20)10-16(13)17/h2-4,6-8,10,17H,5,9,11H2,1H3,(H,21,23). The lowest BCUT2D eigenvalue weighted by atomic mass is 10.1. The third-order valence-corrected chi connectivity index (χ3v) is 4.16. The number of carbonyl (C=O) groups is 1. The van der Waals surface area contributed by atoms with Crippen LogP contribution >= 0.6 is 0 Å². The molecule has 0 fully saturated rings. The van der Waals surface area contributed by atoms with Crippen LogP contribution < -0.4 is 5.32 Å². The van der Waals surface area contributed by atoms with Crippen LogP contribution in [-0.4, -0.2) is 18.0 Å². The summed E-state index contributed by atoms with van der Waals surface area (Å²) in [5.74, 6) is -0.588. The van der Waals surface area contributed by atoms with Gasteiger partial charge in [0.15, 0.2) is 0 Å². The van der Waals surface area contributed by atoms with E-state index in [1.54, 1.807) is 25.2 Å². The number of carbonyl (C=O) groups excluding carboxylic acids is 1. The van der Waals surface area contributed by atoms with Gasteiger partial charge in [0.05, 0.1) is 6.04 Å². The van der Waals surface area contributed by atoms with Crippen LogP contribution in [0.2, 0.25) is 0 Å². The Morgan fingerprint density at radius 2 is 1.87 bits per heavy atom. The Morgan fingerprint density at radius 1 is 1.17 bits per heavy atom. The van der Waals surface area contributed by atoms with E-state index in [0.29, 0.717) is 6.54 Å². The molecule has 0 radical (unpaired) electrons. The summed E-state index contributed by atoms with van der Waals surface area (Å²) in [5, 5.41) is 2.94. The van der Waals surface area contributed by atoms with Gasteiger partial charge in [-0.2, -0.15) is 0 Å². The average molecular weight is 316 g/mol. The summed E-state index contributed by atoms with van der Waals surface area (Å²) in [6.45, 7) is 0.384. The van der Waals surface area contributed by atoms with Gasteiger partial charge in [0.25, 0.3) is 0 Å². The fraction of sp³-hybridized carbons (Fsp3) is 0.278. The molecular weight excluding hydrogens is 298 g/mol. The second kappa shape index (κ2) is 6.36. The predicted octanol–water partition coefficient (Wildman–Crippen LogP) is 3.79. The lowest BCUT2D eigenvalue weighted by molar-refractivity contribution is 0.202. The number of amides is 2. The van der Waals surface area contributed by atoms with Crippen molar-refractivity contribution in [3.63, 3.8) is 0 Å². The number of hydrogen-bond acceptors (Lipinski definition) is 1. The van der Waals surface area contributed by atoms with E-state index >= 15 is 0 Å². The molecule has 0 heterocycles. The van der Waals surface area contributed by atoms with Crippen molar-refractivity contribution in [2.24, 2.45) is 0 Å². The van der Waals surface area contributed by atoms with Gasteiger partial charge < -0.3 is 10.2 Å². The highest BCUT2D eigenvalue weighted by Crippen LogP contribution is 2.31. The Balaban J connectivity index is 1.63. The number of benzene rings is 2. The minimum absolute atomic E-state index is 0.163. The number of urea groups is 1. The van der Waals surface area contributed by atoms with Crippen molar-refractivity contribution in [2.75, 3.05) is 7.05 Å². The van der Waals surface area contributed by atoms with Crippen molar-refractivity contribution in [3.8, 4) is 0 Å². The predicted molar refractivity (Wildman–Crippen MR) is 83.9 cm³/mol. The summed E-state index contributed by atoms with van der Waals surface area (Å²) in [6, 6.07) is 10.4. The monoisotopic (exact) mass is 316 g/mol. The van der Waals surface area contributed by atoms with E-state index in [4.69, 9.17) is 0 Å². The van der Waals surface area contributed by atoms with E-state index in [9.17, 15) is 13.6 Å². The minimum Gasteiger partial charge on any atom is -0.331 e. The maximum Gasteiger partial charge on any atom is 0.317 e. The Labute approximate surface area is 133 Å². The molecule has 0 aliphatic heterocycles. The van der Waals surface area contributed by atoms with E-state index in [1.165, 1.54) is 29.2 Å². The molecule has 0 saturated heterocycles. The number of fused-ring (bicyclic) bond motifs is 1. The summed E-state index contributed by atoms with van der Waals surface area (Å²) in [7, 11) is 1.68. The van der Waals surface area contributed by atoms with E-state index in [-0.39, 0.29) is 23.7 Å². The zero-order chi connectivity index (χ0) is 16.4. The first kappa shape index (κ1) is 15.5. The van der Waals surface area contributed by atoms with Gasteiger partial charge in [-0.05, 0) is 53.8 Å². The fourth-order valence-electron chi connectivity index (χ4n) is 2.92. The molecule has 2 aromatic carbocycles. The molecule has 3 nitrogen and oxygen atoms in total. The number of nitrogens with one attached hydrogen (secondary N) is 1. The number of aryl methyl sites for hydroxylation is 1. The normalized spacial score (nSPS) is 16.0. The molecular formula is C18H18F2N2O. The second-order valence-electron chi connectivity index (χ2n) is 5.87. The summed E-state index contributed by atoms with van der Waals surface area (Å²) in [4.78, 5) is 13.8. The molecule has 120 valence electrons. The van der Waals surface area contributed by atoms with Crippen LogP contribution in [-0.2, 0) is 13.0 Å². The largest absolute Gasteiger partial charge is 0.331 e. The summed E-state index contributed by atoms with van der Waals surface area (Å²) in [5.41, 5.74) is 2.79. The van der Waals surface area contributed by atoms with Crippen LogP contribution in [0.15, 0.2) is 42.5 Å². The highest BCUT2D eigenvalue weighted by Gasteiger charge is 2.25. The highest BCUT2D eigenvalue weighted by molar-refractivity contribution is 5.74. The molecule has 23 heavy (non-hydrogen) atoms. The van der Waals surface area contributed by atoms with Crippen molar-refractivity contribution in [1.82, 2.24) is 10.2 Å². The van der Waals surface area contributed by atoms with Crippen LogP contribution in [0.1, 0.15) is 29.2 Å². The van der Waals surface area contributed by atoms with Crippen molar-refractivity contribution < 1.29 is 13.6 Å². The van der Waals surface area contributed by atoms with E-state index < -0.39 is 0 Å². The van der Waals surface area contributed by atoms with Gasteiger partial charge in [0, 0.05) is 13.6 Å². The van der Waals surface area contributed by atoms with Gasteiger partial charge in [-0.3, -0.25) is 0 Å². The Bertz CT molecular complexity index is 715. The van der Waals surface area contributed by atoms with Gasteiger partial charge in [0.1, 0.15) is 11.6 Å². The first-order valence-electron chi connectivity index (χ1n) is 7.57. The minimum atomic E-state index is -0.301. The van der Waals surface area contributed by atoms with Gasteiger partial charge in [-0.1, -0.05) is 18.2 Å². The van der Waals surface area contributed by atoms with Crippen LogP contribution in [0.5, 0.6) is 0 Å². The van der Waals surface area contributed by atoms with Gasteiger partial charge >= 0.3 is 6.03 Å². The molecule has 0 bridgehead atoms. The molecule has 2 amide bonds. The molecule has 2 aromatic rings. The zero-order valence-electron chi connectivity index (χ0n) is 12.9. The maximum atomic E-state index is 13.4. The molecule has 0 spiro atoms. The number of nitrogens with zero attached hydrogens (tertiary/aromatic N) is 1. The van der Waals surface area contributed by atoms with Crippen molar-refractivity contribution in [3.05, 3.63) is 70.8 Å². The molecule has 1 N–H and O–H groups in total. The smallest absolute Gasteiger partial charge is 0.317 e. The summed E-state index contributed by atoms with van der Waals surface area (Å²) < 4.78 is 26.3. The second-order valence-corrected chi connectivity index (χ2v) is 5.87. The van der Waals surface area contributed by atoms with Crippen molar-refractivity contribution >= 4 is 6.03 Å². The van der Waals surface area contributed by atoms with Crippen molar-refractivity contribution in [2.45, 2.75) is 25.4 Å².